The number of aromatic nitrogens is 1. The first-order valence-corrected chi connectivity index (χ1v) is 9.01. The highest BCUT2D eigenvalue weighted by molar-refractivity contribution is 6.04. The monoisotopic (exact) mass is 393 g/mol. The maximum atomic E-state index is 12.9. The highest BCUT2D eigenvalue weighted by atomic mass is 19.1. The van der Waals surface area contributed by atoms with Gasteiger partial charge < -0.3 is 15.4 Å². The normalized spacial score (nSPS) is 11.4. The van der Waals surface area contributed by atoms with Crippen LogP contribution in [0.15, 0.2) is 73.1 Å². The number of nitrogens with zero attached hydrogens (tertiary/aromatic N) is 1. The first-order valence-electron chi connectivity index (χ1n) is 9.01. The highest BCUT2D eigenvalue weighted by Gasteiger charge is 2.14. The van der Waals surface area contributed by atoms with Crippen LogP contribution in [0.5, 0.6) is 5.75 Å². The molecule has 0 aliphatic carbocycles. The molecule has 0 radical (unpaired) electrons. The number of nitrogens with one attached hydrogen (secondary N) is 2. The first kappa shape index (κ1) is 20.0. The van der Waals surface area contributed by atoms with E-state index in [-0.39, 0.29) is 24.2 Å². The zero-order valence-corrected chi connectivity index (χ0v) is 15.8. The molecule has 1 aromatic heterocycles. The van der Waals surface area contributed by atoms with E-state index in [4.69, 9.17) is 4.74 Å². The molecule has 6 nitrogen and oxygen atoms in total. The van der Waals surface area contributed by atoms with Crippen LogP contribution in [-0.4, -0.2) is 22.9 Å². The number of halogens is 1. The van der Waals surface area contributed by atoms with Crippen LogP contribution < -0.4 is 15.4 Å². The maximum absolute atomic E-state index is 12.9. The van der Waals surface area contributed by atoms with Crippen molar-refractivity contribution in [3.63, 3.8) is 0 Å². The van der Waals surface area contributed by atoms with Crippen LogP contribution in [0.4, 0.5) is 10.1 Å². The van der Waals surface area contributed by atoms with E-state index < -0.39 is 6.10 Å². The Labute approximate surface area is 167 Å². The number of ether oxygens (including phenoxy) is 1. The molecule has 2 amide bonds. The van der Waals surface area contributed by atoms with Crippen molar-refractivity contribution in [1.29, 1.82) is 0 Å². The van der Waals surface area contributed by atoms with E-state index in [1.54, 1.807) is 43.5 Å². The molecule has 7 heteroatoms. The van der Waals surface area contributed by atoms with Crippen molar-refractivity contribution < 1.29 is 18.7 Å². The van der Waals surface area contributed by atoms with Gasteiger partial charge in [-0.15, -0.1) is 0 Å². The van der Waals surface area contributed by atoms with Crippen molar-refractivity contribution in [2.45, 2.75) is 19.6 Å². The van der Waals surface area contributed by atoms with E-state index >= 15 is 0 Å². The number of benzene rings is 2. The number of anilines is 1. The van der Waals surface area contributed by atoms with E-state index in [2.05, 4.69) is 15.6 Å². The molecular weight excluding hydrogens is 373 g/mol. The molecule has 2 aromatic carbocycles. The molecule has 1 atom stereocenters. The van der Waals surface area contributed by atoms with Gasteiger partial charge in [-0.25, -0.2) is 4.39 Å². The molecule has 0 aliphatic heterocycles. The zero-order chi connectivity index (χ0) is 20.6. The Hall–Kier alpha value is -3.74. The topological polar surface area (TPSA) is 80.3 Å². The fourth-order valence-corrected chi connectivity index (χ4v) is 2.56. The second-order valence-electron chi connectivity index (χ2n) is 6.33. The van der Waals surface area contributed by atoms with Crippen molar-refractivity contribution in [3.8, 4) is 5.75 Å². The van der Waals surface area contributed by atoms with Gasteiger partial charge in [0.25, 0.3) is 11.8 Å². The number of carbonyl (C=O) groups is 2. The summed E-state index contributed by atoms with van der Waals surface area (Å²) in [5.74, 6) is -0.529. The quantitative estimate of drug-likeness (QED) is 0.643. The van der Waals surface area contributed by atoms with Crippen molar-refractivity contribution in [2.24, 2.45) is 0 Å². The summed E-state index contributed by atoms with van der Waals surface area (Å²) >= 11 is 0. The number of hydrogen-bond donors (Lipinski definition) is 2. The fourth-order valence-electron chi connectivity index (χ4n) is 2.56. The average Bonchev–Trinajstić information content (AvgIpc) is 2.74. The Kier molecular flexibility index (Phi) is 6.52. The van der Waals surface area contributed by atoms with Crippen LogP contribution in [-0.2, 0) is 11.3 Å². The molecule has 148 valence electrons. The van der Waals surface area contributed by atoms with E-state index in [9.17, 15) is 14.0 Å². The highest BCUT2D eigenvalue weighted by Crippen LogP contribution is 2.14. The summed E-state index contributed by atoms with van der Waals surface area (Å²) in [4.78, 5) is 28.4. The number of rotatable bonds is 7. The second kappa shape index (κ2) is 9.45. The van der Waals surface area contributed by atoms with Gasteiger partial charge in [0.2, 0.25) is 0 Å². The molecule has 0 bridgehead atoms. The molecule has 0 saturated heterocycles. The summed E-state index contributed by atoms with van der Waals surface area (Å²) in [5.41, 5.74) is 1.88. The average molecular weight is 393 g/mol. The number of amides is 2. The van der Waals surface area contributed by atoms with Gasteiger partial charge in [-0.1, -0.05) is 12.1 Å². The minimum Gasteiger partial charge on any atom is -0.481 e. The lowest BCUT2D eigenvalue weighted by atomic mass is 10.2. The fraction of sp³-hybridized carbons (Fsp3) is 0.136. The van der Waals surface area contributed by atoms with Crippen LogP contribution in [0, 0.1) is 5.82 Å². The number of pyridine rings is 1. The van der Waals surface area contributed by atoms with Crippen molar-refractivity contribution in [2.75, 3.05) is 5.32 Å². The molecule has 0 aliphatic rings. The van der Waals surface area contributed by atoms with Gasteiger partial charge in [-0.05, 0) is 61.0 Å². The minimum absolute atomic E-state index is 0.263. The zero-order valence-electron chi connectivity index (χ0n) is 15.8. The number of carbonyl (C=O) groups excluding carboxylic acids is 2. The minimum atomic E-state index is -0.742. The van der Waals surface area contributed by atoms with Gasteiger partial charge in [0.1, 0.15) is 11.6 Å². The third-order valence-electron chi connectivity index (χ3n) is 4.07. The molecule has 0 fully saturated rings. The van der Waals surface area contributed by atoms with Gasteiger partial charge >= 0.3 is 0 Å². The Morgan fingerprint density at radius 2 is 1.90 bits per heavy atom. The Balaban J connectivity index is 1.53. The van der Waals surface area contributed by atoms with Gasteiger partial charge in [-0.2, -0.15) is 0 Å². The van der Waals surface area contributed by atoms with Gasteiger partial charge in [0.15, 0.2) is 6.10 Å². The SMILES string of the molecule is C[C@@H](Oc1ccc(F)cc1)C(=O)NCc1cccc(NC(=O)c2cccnc2)c1. The lowest BCUT2D eigenvalue weighted by Crippen LogP contribution is -2.35. The lowest BCUT2D eigenvalue weighted by molar-refractivity contribution is -0.127. The van der Waals surface area contributed by atoms with Crippen molar-refractivity contribution >= 4 is 17.5 Å². The molecule has 3 rings (SSSR count). The van der Waals surface area contributed by atoms with E-state index in [0.29, 0.717) is 17.0 Å². The Morgan fingerprint density at radius 1 is 1.10 bits per heavy atom. The van der Waals surface area contributed by atoms with Crippen LogP contribution >= 0.6 is 0 Å². The predicted octanol–water partition coefficient (Wildman–Crippen LogP) is 3.56. The van der Waals surface area contributed by atoms with Gasteiger partial charge in [-0.3, -0.25) is 14.6 Å². The summed E-state index contributed by atoms with van der Waals surface area (Å²) in [6.07, 6.45) is 2.34. The molecule has 0 spiro atoms. The summed E-state index contributed by atoms with van der Waals surface area (Å²) < 4.78 is 18.4. The van der Waals surface area contributed by atoms with E-state index in [1.807, 2.05) is 6.07 Å². The Morgan fingerprint density at radius 3 is 2.62 bits per heavy atom. The van der Waals surface area contributed by atoms with Crippen LogP contribution in [0.1, 0.15) is 22.8 Å². The molecule has 1 heterocycles. The summed E-state index contributed by atoms with van der Waals surface area (Å²) in [6, 6.07) is 16.0. The molecule has 2 N–H and O–H groups in total. The summed E-state index contributed by atoms with van der Waals surface area (Å²) in [5, 5.41) is 5.58. The van der Waals surface area contributed by atoms with Crippen molar-refractivity contribution in [3.05, 3.63) is 90.0 Å². The third-order valence-corrected chi connectivity index (χ3v) is 4.07. The molecule has 3 aromatic rings. The van der Waals surface area contributed by atoms with Crippen LogP contribution in [0.3, 0.4) is 0 Å². The van der Waals surface area contributed by atoms with Crippen LogP contribution in [0.2, 0.25) is 0 Å². The standard InChI is InChI=1S/C22H20FN3O3/c1-15(29-20-9-7-18(23)8-10-20)21(27)25-13-16-4-2-6-19(12-16)26-22(28)17-5-3-11-24-14-17/h2-12,14-15H,13H2,1H3,(H,25,27)(H,26,28)/t15-/m1/s1. The van der Waals surface area contributed by atoms with E-state index in [0.717, 1.165) is 5.56 Å². The second-order valence-corrected chi connectivity index (χ2v) is 6.33. The van der Waals surface area contributed by atoms with E-state index in [1.165, 1.54) is 30.5 Å². The predicted molar refractivity (Wildman–Crippen MR) is 107 cm³/mol. The Bertz CT molecular complexity index is 978. The van der Waals surface area contributed by atoms with Gasteiger partial charge in [0, 0.05) is 24.6 Å². The lowest BCUT2D eigenvalue weighted by Gasteiger charge is -2.15. The smallest absolute Gasteiger partial charge is 0.261 e. The number of hydrogen-bond acceptors (Lipinski definition) is 4. The van der Waals surface area contributed by atoms with Crippen molar-refractivity contribution in [1.82, 2.24) is 10.3 Å². The molecule has 0 saturated carbocycles. The van der Waals surface area contributed by atoms with Crippen LogP contribution in [0.25, 0.3) is 0 Å². The molecule has 0 unspecified atom stereocenters. The molecular formula is C22H20FN3O3. The molecule has 29 heavy (non-hydrogen) atoms. The largest absolute Gasteiger partial charge is 0.481 e. The summed E-state index contributed by atoms with van der Waals surface area (Å²) in [7, 11) is 0. The first-order chi connectivity index (χ1) is 14.0. The van der Waals surface area contributed by atoms with Gasteiger partial charge in [0.05, 0.1) is 5.56 Å². The summed E-state index contributed by atoms with van der Waals surface area (Å²) in [6.45, 7) is 1.88. The third kappa shape index (κ3) is 5.87. The maximum Gasteiger partial charge on any atom is 0.261 e.